The molecule has 1 atom stereocenters. The van der Waals surface area contributed by atoms with Crippen molar-refractivity contribution in [3.63, 3.8) is 0 Å². The number of esters is 1. The van der Waals surface area contributed by atoms with E-state index >= 15 is 0 Å². The molecule has 0 amide bonds. The molecular formula is C30H25F3N2O6S. The molecule has 5 rings (SSSR count). The number of halogens is 3. The highest BCUT2D eigenvalue weighted by Gasteiger charge is 2.34. The molecular weight excluding hydrogens is 573 g/mol. The summed E-state index contributed by atoms with van der Waals surface area (Å²) in [7, 11) is 2.99. The third-order valence-electron chi connectivity index (χ3n) is 6.61. The van der Waals surface area contributed by atoms with Crippen LogP contribution in [-0.2, 0) is 15.7 Å². The Kier molecular flexibility index (Phi) is 7.83. The molecule has 0 radical (unpaired) electrons. The van der Waals surface area contributed by atoms with Gasteiger partial charge in [-0.15, -0.1) is 0 Å². The number of benzene rings is 2. The lowest BCUT2D eigenvalue weighted by Crippen LogP contribution is -2.39. The number of nitrogens with zero attached hydrogens (tertiary/aromatic N) is 2. The fraction of sp³-hybridized carbons (Fsp3) is 0.233. The Morgan fingerprint density at radius 3 is 2.55 bits per heavy atom. The van der Waals surface area contributed by atoms with Crippen molar-refractivity contribution in [3.8, 4) is 22.8 Å². The molecule has 2 aromatic heterocycles. The van der Waals surface area contributed by atoms with Crippen LogP contribution in [0.3, 0.4) is 0 Å². The number of alkyl halides is 3. The third kappa shape index (κ3) is 5.37. The second kappa shape index (κ2) is 11.4. The maximum absolute atomic E-state index is 13.8. The van der Waals surface area contributed by atoms with E-state index in [-0.39, 0.29) is 33.8 Å². The first-order chi connectivity index (χ1) is 20.0. The van der Waals surface area contributed by atoms with Gasteiger partial charge in [0.05, 0.1) is 48.2 Å². The topological polar surface area (TPSA) is 92.3 Å². The summed E-state index contributed by atoms with van der Waals surface area (Å²) in [5, 5.41) is 0. The molecule has 8 nitrogen and oxygen atoms in total. The molecule has 1 aliphatic heterocycles. The summed E-state index contributed by atoms with van der Waals surface area (Å²) in [4.78, 5) is 31.8. The zero-order valence-corrected chi connectivity index (χ0v) is 23.8. The molecule has 218 valence electrons. The largest absolute Gasteiger partial charge is 0.493 e. The third-order valence-corrected chi connectivity index (χ3v) is 7.60. The van der Waals surface area contributed by atoms with Crippen LogP contribution in [0, 0.1) is 0 Å². The number of thiazole rings is 1. The van der Waals surface area contributed by atoms with Crippen molar-refractivity contribution in [2.75, 3.05) is 20.8 Å². The van der Waals surface area contributed by atoms with Crippen molar-refractivity contribution in [2.45, 2.75) is 26.1 Å². The summed E-state index contributed by atoms with van der Waals surface area (Å²) in [6.07, 6.45) is -3.00. The minimum Gasteiger partial charge on any atom is -0.493 e. The Hall–Kier alpha value is -4.58. The van der Waals surface area contributed by atoms with Crippen LogP contribution in [0.2, 0.25) is 0 Å². The Morgan fingerprint density at radius 2 is 1.86 bits per heavy atom. The maximum Gasteiger partial charge on any atom is 0.416 e. The number of carbonyl (C=O) groups is 1. The lowest BCUT2D eigenvalue weighted by molar-refractivity contribution is -0.139. The highest BCUT2D eigenvalue weighted by Crippen LogP contribution is 2.36. The summed E-state index contributed by atoms with van der Waals surface area (Å²) in [5.74, 6) is 0.749. The minimum atomic E-state index is -4.50. The molecule has 0 N–H and O–H groups in total. The van der Waals surface area contributed by atoms with Crippen LogP contribution in [0.1, 0.15) is 36.8 Å². The molecule has 42 heavy (non-hydrogen) atoms. The minimum absolute atomic E-state index is 0.130. The molecule has 12 heteroatoms. The summed E-state index contributed by atoms with van der Waals surface area (Å²) < 4.78 is 63.2. The quantitative estimate of drug-likeness (QED) is 0.275. The monoisotopic (exact) mass is 598 g/mol. The SMILES string of the molecule is CCOC(=O)C1=C(C)N=c2sc(=Cc3ccc(-c4cccc(C(F)(F)F)c4)o3)c(=O)n2C1c1ccc(OC)c(OC)c1. The molecule has 0 aliphatic carbocycles. The first-order valence-electron chi connectivity index (χ1n) is 12.7. The number of aromatic nitrogens is 1. The van der Waals surface area contributed by atoms with Crippen LogP contribution in [0.25, 0.3) is 17.4 Å². The Morgan fingerprint density at radius 1 is 1.10 bits per heavy atom. The predicted molar refractivity (Wildman–Crippen MR) is 149 cm³/mol. The second-order valence-corrected chi connectivity index (χ2v) is 10.2. The Labute approximate surface area is 241 Å². The van der Waals surface area contributed by atoms with Crippen LogP contribution >= 0.6 is 11.3 Å². The molecule has 0 bridgehead atoms. The average molecular weight is 599 g/mol. The Bertz CT molecular complexity index is 1880. The van der Waals surface area contributed by atoms with Crippen LogP contribution in [0.5, 0.6) is 11.5 Å². The van der Waals surface area contributed by atoms with Gasteiger partial charge in [-0.2, -0.15) is 13.2 Å². The number of ether oxygens (including phenoxy) is 3. The number of fused-ring (bicyclic) bond motifs is 1. The fourth-order valence-corrected chi connectivity index (χ4v) is 5.72. The van der Waals surface area contributed by atoms with Gasteiger partial charge in [-0.3, -0.25) is 9.36 Å². The van der Waals surface area contributed by atoms with Gasteiger partial charge in [-0.1, -0.05) is 29.5 Å². The van der Waals surface area contributed by atoms with Crippen LogP contribution in [0.4, 0.5) is 13.2 Å². The van der Waals surface area contributed by atoms with Gasteiger partial charge in [0.25, 0.3) is 5.56 Å². The molecule has 0 saturated carbocycles. The average Bonchev–Trinajstić information content (AvgIpc) is 3.55. The van der Waals surface area contributed by atoms with Crippen LogP contribution < -0.4 is 24.4 Å². The van der Waals surface area contributed by atoms with Gasteiger partial charge in [0.2, 0.25) is 0 Å². The van der Waals surface area contributed by atoms with E-state index in [0.29, 0.717) is 27.6 Å². The van der Waals surface area contributed by atoms with E-state index in [0.717, 1.165) is 23.5 Å². The summed E-state index contributed by atoms with van der Waals surface area (Å²) >= 11 is 1.09. The second-order valence-electron chi connectivity index (χ2n) is 9.20. The number of hydrogen-bond acceptors (Lipinski definition) is 8. The first kappa shape index (κ1) is 28.9. The lowest BCUT2D eigenvalue weighted by Gasteiger charge is -2.25. The van der Waals surface area contributed by atoms with E-state index in [4.69, 9.17) is 18.6 Å². The first-order valence-corrected chi connectivity index (χ1v) is 13.6. The zero-order valence-electron chi connectivity index (χ0n) is 22.9. The molecule has 3 heterocycles. The van der Waals surface area contributed by atoms with Gasteiger partial charge in [0.1, 0.15) is 11.5 Å². The number of allylic oxidation sites excluding steroid dienone is 1. The summed E-state index contributed by atoms with van der Waals surface area (Å²) in [6, 6.07) is 12.1. The van der Waals surface area contributed by atoms with E-state index in [1.54, 1.807) is 38.1 Å². The van der Waals surface area contributed by atoms with Crippen molar-refractivity contribution >= 4 is 23.4 Å². The van der Waals surface area contributed by atoms with Crippen LogP contribution in [0.15, 0.2) is 80.1 Å². The van der Waals surface area contributed by atoms with Crippen molar-refractivity contribution in [2.24, 2.45) is 4.99 Å². The molecule has 2 aromatic carbocycles. The molecule has 1 unspecified atom stereocenters. The van der Waals surface area contributed by atoms with Gasteiger partial charge < -0.3 is 18.6 Å². The molecule has 0 fully saturated rings. The zero-order chi connectivity index (χ0) is 30.2. The van der Waals surface area contributed by atoms with Crippen molar-refractivity contribution in [1.29, 1.82) is 0 Å². The lowest BCUT2D eigenvalue weighted by atomic mass is 9.95. The standard InChI is InChI=1S/C30H25F3N2O6S/c1-5-40-28(37)25-16(2)34-29-35(26(25)18-9-11-22(38-3)23(14-18)39-4)27(36)24(42-29)15-20-10-12-21(41-20)17-7-6-8-19(13-17)30(31,32)33/h6-15,26H,5H2,1-4H3. The van der Waals surface area contributed by atoms with Crippen molar-refractivity contribution < 1.29 is 36.6 Å². The fourth-order valence-electron chi connectivity index (χ4n) is 4.69. The number of carbonyl (C=O) groups excluding carboxylic acids is 1. The summed E-state index contributed by atoms with van der Waals surface area (Å²) in [5.41, 5.74) is 0.175. The predicted octanol–water partition coefficient (Wildman–Crippen LogP) is 5.09. The van der Waals surface area contributed by atoms with Gasteiger partial charge in [0.15, 0.2) is 16.3 Å². The normalized spacial score (nSPS) is 15.3. The molecule has 1 aliphatic rings. The van der Waals surface area contributed by atoms with Gasteiger partial charge in [-0.25, -0.2) is 9.79 Å². The maximum atomic E-state index is 13.8. The van der Waals surface area contributed by atoms with Crippen LogP contribution in [-0.4, -0.2) is 31.4 Å². The number of hydrogen-bond donors (Lipinski definition) is 0. The number of furan rings is 1. The molecule has 0 spiro atoms. The van der Waals surface area contributed by atoms with Gasteiger partial charge in [-0.05, 0) is 55.8 Å². The highest BCUT2D eigenvalue weighted by molar-refractivity contribution is 7.07. The van der Waals surface area contributed by atoms with E-state index in [1.807, 2.05) is 0 Å². The molecule has 4 aromatic rings. The van der Waals surface area contributed by atoms with E-state index in [1.165, 1.54) is 43.1 Å². The number of rotatable bonds is 7. The highest BCUT2D eigenvalue weighted by atomic mass is 32.1. The van der Waals surface area contributed by atoms with Crippen molar-refractivity contribution in [1.82, 2.24) is 4.57 Å². The van der Waals surface area contributed by atoms with E-state index < -0.39 is 29.3 Å². The van der Waals surface area contributed by atoms with E-state index in [2.05, 4.69) is 4.99 Å². The van der Waals surface area contributed by atoms with E-state index in [9.17, 15) is 22.8 Å². The smallest absolute Gasteiger partial charge is 0.416 e. The molecule has 0 saturated heterocycles. The van der Waals surface area contributed by atoms with Gasteiger partial charge in [0, 0.05) is 11.6 Å². The summed E-state index contributed by atoms with van der Waals surface area (Å²) in [6.45, 7) is 3.49. The number of methoxy groups -OCH3 is 2. The van der Waals surface area contributed by atoms with Crippen molar-refractivity contribution in [3.05, 3.63) is 102 Å². The Balaban J connectivity index is 1.63. The van der Waals surface area contributed by atoms with Gasteiger partial charge >= 0.3 is 12.1 Å².